The monoisotopic (exact) mass is 292 g/mol. The van der Waals surface area contributed by atoms with Crippen LogP contribution < -0.4 is 20.9 Å². The van der Waals surface area contributed by atoms with Crippen LogP contribution in [0.1, 0.15) is 11.1 Å². The zero-order valence-corrected chi connectivity index (χ0v) is 12.1. The van der Waals surface area contributed by atoms with E-state index in [1.165, 1.54) is 0 Å². The molecule has 0 radical (unpaired) electrons. The molecule has 20 heavy (non-hydrogen) atoms. The molecule has 0 saturated carbocycles. The summed E-state index contributed by atoms with van der Waals surface area (Å²) in [5.41, 5.74) is 13.1. The number of nitrogens with zero attached hydrogens (tertiary/aromatic N) is 2. The minimum absolute atomic E-state index is 0.159. The molecule has 106 valence electrons. The summed E-state index contributed by atoms with van der Waals surface area (Å²) in [6.45, 7) is 0. The molecule has 1 aromatic carbocycles. The van der Waals surface area contributed by atoms with E-state index in [-0.39, 0.29) is 5.95 Å². The lowest BCUT2D eigenvalue weighted by Gasteiger charge is -2.12. The zero-order valence-electron chi connectivity index (χ0n) is 11.3. The molecule has 1 aromatic heterocycles. The van der Waals surface area contributed by atoms with Gasteiger partial charge in [0.1, 0.15) is 17.3 Å². The Bertz CT molecular complexity index is 609. The molecule has 0 fully saturated rings. The highest BCUT2D eigenvalue weighted by Gasteiger charge is 2.11. The van der Waals surface area contributed by atoms with E-state index in [9.17, 15) is 0 Å². The van der Waals surface area contributed by atoms with Gasteiger partial charge in [-0.3, -0.25) is 0 Å². The minimum Gasteiger partial charge on any atom is -0.495 e. The number of thiol groups is 1. The van der Waals surface area contributed by atoms with Crippen LogP contribution in [0.25, 0.3) is 0 Å². The van der Waals surface area contributed by atoms with Gasteiger partial charge in [-0.05, 0) is 17.7 Å². The Hall–Kier alpha value is -2.15. The van der Waals surface area contributed by atoms with Crippen LogP contribution in [-0.2, 0) is 6.42 Å². The van der Waals surface area contributed by atoms with Crippen LogP contribution in [-0.4, -0.2) is 24.2 Å². The molecule has 0 aliphatic carbocycles. The van der Waals surface area contributed by atoms with Gasteiger partial charge in [-0.1, -0.05) is 0 Å². The minimum atomic E-state index is 0.159. The topological polar surface area (TPSA) is 96.3 Å². The first kappa shape index (κ1) is 14.3. The first-order valence-electron chi connectivity index (χ1n) is 5.86. The predicted molar refractivity (Wildman–Crippen MR) is 80.5 cm³/mol. The van der Waals surface area contributed by atoms with E-state index in [2.05, 4.69) is 22.6 Å². The first-order valence-corrected chi connectivity index (χ1v) is 6.30. The number of nitrogen functional groups attached to an aromatic ring is 2. The van der Waals surface area contributed by atoms with Crippen molar-refractivity contribution in [3.8, 4) is 11.5 Å². The molecule has 0 unspecified atom stereocenters. The van der Waals surface area contributed by atoms with Crippen molar-refractivity contribution in [3.05, 3.63) is 29.5 Å². The number of aromatic nitrogens is 2. The molecule has 2 aromatic rings. The molecule has 0 amide bonds. The predicted octanol–water partition coefficient (Wildman–Crippen LogP) is 1.54. The highest BCUT2D eigenvalue weighted by Crippen LogP contribution is 2.34. The molecule has 0 bridgehead atoms. The molecule has 0 saturated heterocycles. The van der Waals surface area contributed by atoms with Gasteiger partial charge >= 0.3 is 0 Å². The largest absolute Gasteiger partial charge is 0.495 e. The molecular weight excluding hydrogens is 276 g/mol. The van der Waals surface area contributed by atoms with Gasteiger partial charge in [0.15, 0.2) is 0 Å². The summed E-state index contributed by atoms with van der Waals surface area (Å²) in [4.78, 5) is 8.54. The average Bonchev–Trinajstić information content (AvgIpc) is 2.43. The number of hydrogen-bond acceptors (Lipinski definition) is 7. The van der Waals surface area contributed by atoms with Gasteiger partial charge in [-0.15, -0.1) is 12.6 Å². The van der Waals surface area contributed by atoms with Crippen LogP contribution in [0.5, 0.6) is 11.5 Å². The van der Waals surface area contributed by atoms with E-state index in [1.54, 1.807) is 20.4 Å². The molecule has 0 aliphatic heterocycles. The van der Waals surface area contributed by atoms with E-state index in [0.717, 1.165) is 11.1 Å². The summed E-state index contributed by atoms with van der Waals surface area (Å²) in [6.07, 6.45) is 2.16. The number of anilines is 2. The first-order chi connectivity index (χ1) is 9.55. The maximum absolute atomic E-state index is 5.83. The van der Waals surface area contributed by atoms with E-state index in [4.69, 9.17) is 20.9 Å². The normalized spacial score (nSPS) is 10.3. The summed E-state index contributed by atoms with van der Waals surface area (Å²) >= 11 is 4.36. The van der Waals surface area contributed by atoms with Gasteiger partial charge in [-0.25, -0.2) is 4.98 Å². The average molecular weight is 292 g/mol. The van der Waals surface area contributed by atoms with E-state index < -0.39 is 0 Å². The van der Waals surface area contributed by atoms with Gasteiger partial charge in [-0.2, -0.15) is 4.98 Å². The Balaban J connectivity index is 2.38. The lowest BCUT2D eigenvalue weighted by molar-refractivity contribution is 0.376. The van der Waals surface area contributed by atoms with Gasteiger partial charge in [0.05, 0.1) is 19.1 Å². The summed E-state index contributed by atoms with van der Waals surface area (Å²) in [5, 5.41) is 0. The molecule has 4 N–H and O–H groups in total. The number of nitrogens with two attached hydrogens (primary N) is 2. The molecule has 0 atom stereocenters. The third-order valence-corrected chi connectivity index (χ3v) is 3.29. The Morgan fingerprint density at radius 1 is 1.15 bits per heavy atom. The number of ether oxygens (including phenoxy) is 2. The summed E-state index contributed by atoms with van der Waals surface area (Å²) in [5.74, 6) is 1.80. The van der Waals surface area contributed by atoms with Crippen LogP contribution in [0.15, 0.2) is 23.2 Å². The third kappa shape index (κ3) is 2.88. The Morgan fingerprint density at radius 3 is 2.25 bits per heavy atom. The molecule has 0 spiro atoms. The van der Waals surface area contributed by atoms with Crippen LogP contribution >= 0.6 is 12.6 Å². The van der Waals surface area contributed by atoms with Crippen molar-refractivity contribution >= 4 is 24.4 Å². The lowest BCUT2D eigenvalue weighted by Crippen LogP contribution is -2.04. The highest BCUT2D eigenvalue weighted by molar-refractivity contribution is 7.80. The number of rotatable bonds is 4. The van der Waals surface area contributed by atoms with Gasteiger partial charge in [0, 0.05) is 18.2 Å². The fourth-order valence-electron chi connectivity index (χ4n) is 1.84. The van der Waals surface area contributed by atoms with Gasteiger partial charge < -0.3 is 20.9 Å². The van der Waals surface area contributed by atoms with Crippen LogP contribution in [0.3, 0.4) is 0 Å². The number of methoxy groups -OCH3 is 2. The molecule has 0 aliphatic rings. The highest BCUT2D eigenvalue weighted by atomic mass is 32.1. The van der Waals surface area contributed by atoms with Crippen molar-refractivity contribution in [2.24, 2.45) is 0 Å². The zero-order chi connectivity index (χ0) is 14.7. The van der Waals surface area contributed by atoms with Crippen molar-refractivity contribution in [2.75, 3.05) is 25.7 Å². The summed E-state index contributed by atoms with van der Waals surface area (Å²) < 4.78 is 10.6. The fraction of sp³-hybridized carbons (Fsp3) is 0.231. The smallest absolute Gasteiger partial charge is 0.221 e. The number of benzene rings is 1. The molecule has 1 heterocycles. The van der Waals surface area contributed by atoms with Crippen molar-refractivity contribution in [1.29, 1.82) is 0 Å². The van der Waals surface area contributed by atoms with Gasteiger partial charge in [0.2, 0.25) is 5.95 Å². The van der Waals surface area contributed by atoms with E-state index >= 15 is 0 Å². The second kappa shape index (κ2) is 5.87. The second-order valence-corrected chi connectivity index (χ2v) is 4.61. The number of hydrogen-bond donors (Lipinski definition) is 3. The summed E-state index contributed by atoms with van der Waals surface area (Å²) in [6, 6.07) is 3.75. The molecule has 2 rings (SSSR count). The van der Waals surface area contributed by atoms with Crippen molar-refractivity contribution in [2.45, 2.75) is 11.3 Å². The Labute approximate surface area is 122 Å². The van der Waals surface area contributed by atoms with Crippen molar-refractivity contribution < 1.29 is 9.47 Å². The van der Waals surface area contributed by atoms with Crippen LogP contribution in [0, 0.1) is 0 Å². The Morgan fingerprint density at radius 2 is 1.75 bits per heavy atom. The standard InChI is InChI=1S/C13H16N4O2S/c1-18-9-4-7(5-10(19-2)11(9)20)3-8-6-16-13(15)17-12(8)14/h4-6,20H,3H2,1-2H3,(H4,14,15,16,17). The van der Waals surface area contributed by atoms with E-state index in [0.29, 0.717) is 28.6 Å². The lowest BCUT2D eigenvalue weighted by atomic mass is 10.1. The third-order valence-electron chi connectivity index (χ3n) is 2.85. The SMILES string of the molecule is COc1cc(Cc2cnc(N)nc2N)cc(OC)c1S. The maximum atomic E-state index is 5.83. The fourth-order valence-corrected chi connectivity index (χ4v) is 2.15. The van der Waals surface area contributed by atoms with Crippen molar-refractivity contribution in [3.63, 3.8) is 0 Å². The van der Waals surface area contributed by atoms with Crippen LogP contribution in [0.4, 0.5) is 11.8 Å². The molecular formula is C13H16N4O2S. The maximum Gasteiger partial charge on any atom is 0.221 e. The summed E-state index contributed by atoms with van der Waals surface area (Å²) in [7, 11) is 3.16. The van der Waals surface area contributed by atoms with E-state index in [1.807, 2.05) is 12.1 Å². The molecule has 6 nitrogen and oxygen atoms in total. The van der Waals surface area contributed by atoms with Gasteiger partial charge in [0.25, 0.3) is 0 Å². The quantitative estimate of drug-likeness (QED) is 0.740. The second-order valence-electron chi connectivity index (χ2n) is 4.16. The molecule has 7 heteroatoms. The van der Waals surface area contributed by atoms with Crippen LogP contribution in [0.2, 0.25) is 0 Å². The van der Waals surface area contributed by atoms with Crippen molar-refractivity contribution in [1.82, 2.24) is 9.97 Å². The Kier molecular flexibility index (Phi) is 4.19.